The highest BCUT2D eigenvalue weighted by Gasteiger charge is 2.25. The van der Waals surface area contributed by atoms with Crippen LogP contribution >= 0.6 is 39.9 Å². The van der Waals surface area contributed by atoms with Gasteiger partial charge < -0.3 is 10.2 Å². The minimum Gasteiger partial charge on any atom is -0.333 e. The molecule has 1 saturated heterocycles. The fourth-order valence-electron chi connectivity index (χ4n) is 1.96. The molecular weight excluding hydrogens is 339 g/mol. The first-order valence-electron chi connectivity index (χ1n) is 5.56. The molecule has 0 aromatic heterocycles. The highest BCUT2D eigenvalue weighted by Crippen LogP contribution is 2.23. The average molecular weight is 354 g/mol. The van der Waals surface area contributed by atoms with E-state index in [0.717, 1.165) is 24.1 Å². The molecule has 0 aliphatic carbocycles. The van der Waals surface area contributed by atoms with Gasteiger partial charge in [0.15, 0.2) is 0 Å². The van der Waals surface area contributed by atoms with Crippen LogP contribution in [-0.4, -0.2) is 36.5 Å². The van der Waals surface area contributed by atoms with Crippen molar-refractivity contribution >= 4 is 45.8 Å². The van der Waals surface area contributed by atoms with Gasteiger partial charge in [0, 0.05) is 30.1 Å². The van der Waals surface area contributed by atoms with Crippen molar-refractivity contribution in [2.75, 3.05) is 19.6 Å². The lowest BCUT2D eigenvalue weighted by atomic mass is 10.1. The zero-order valence-corrected chi connectivity index (χ0v) is 13.1. The van der Waals surface area contributed by atoms with E-state index in [4.69, 9.17) is 11.6 Å². The van der Waals surface area contributed by atoms with Crippen LogP contribution in [0.3, 0.4) is 0 Å². The van der Waals surface area contributed by atoms with Crippen LogP contribution in [0, 0.1) is 0 Å². The van der Waals surface area contributed by atoms with E-state index in [0.29, 0.717) is 10.6 Å². The van der Waals surface area contributed by atoms with Gasteiger partial charge in [0.1, 0.15) is 0 Å². The van der Waals surface area contributed by atoms with Gasteiger partial charge in [0.05, 0.1) is 10.6 Å². The molecule has 2 rings (SSSR count). The van der Waals surface area contributed by atoms with Crippen molar-refractivity contribution in [3.8, 4) is 0 Å². The topological polar surface area (TPSA) is 32.3 Å². The largest absolute Gasteiger partial charge is 0.333 e. The number of hydrogen-bond acceptors (Lipinski definition) is 2. The predicted octanol–water partition coefficient (Wildman–Crippen LogP) is 2.96. The van der Waals surface area contributed by atoms with E-state index in [1.807, 2.05) is 17.9 Å². The van der Waals surface area contributed by atoms with Gasteiger partial charge in [-0.25, -0.2) is 0 Å². The average Bonchev–Trinajstić information content (AvgIpc) is 2.32. The van der Waals surface area contributed by atoms with E-state index in [2.05, 4.69) is 21.2 Å². The molecule has 1 N–H and O–H groups in total. The quantitative estimate of drug-likeness (QED) is 0.841. The summed E-state index contributed by atoms with van der Waals surface area (Å²) in [6, 6.07) is 5.55. The summed E-state index contributed by atoms with van der Waals surface area (Å²) in [5, 5.41) is 3.76. The molecular formula is C12H15BrCl2N2O. The Kier molecular flexibility index (Phi) is 5.92. The summed E-state index contributed by atoms with van der Waals surface area (Å²) >= 11 is 9.44. The van der Waals surface area contributed by atoms with Gasteiger partial charge in [-0.1, -0.05) is 27.5 Å². The molecule has 1 aliphatic rings. The molecule has 18 heavy (non-hydrogen) atoms. The Morgan fingerprint density at radius 1 is 1.56 bits per heavy atom. The van der Waals surface area contributed by atoms with Gasteiger partial charge in [-0.3, -0.25) is 4.79 Å². The standard InChI is InChI=1S/C12H14BrClN2O.ClH/c1-8-7-15-4-5-16(8)12(17)10-6-9(13)2-3-11(10)14;/h2-3,6,8,15H,4-5,7H2,1H3;1H/t8-;/m0./s1. The Morgan fingerprint density at radius 3 is 2.94 bits per heavy atom. The number of carbonyl (C=O) groups is 1. The fraction of sp³-hybridized carbons (Fsp3) is 0.417. The first-order chi connectivity index (χ1) is 8.09. The number of rotatable bonds is 1. The summed E-state index contributed by atoms with van der Waals surface area (Å²) in [5.74, 6) is 0.00491. The molecule has 1 fully saturated rings. The first-order valence-corrected chi connectivity index (χ1v) is 6.73. The van der Waals surface area contributed by atoms with Gasteiger partial charge in [-0.2, -0.15) is 0 Å². The minimum absolute atomic E-state index is 0. The minimum atomic E-state index is 0. The lowest BCUT2D eigenvalue weighted by Crippen LogP contribution is -2.52. The second-order valence-corrected chi connectivity index (χ2v) is 5.50. The van der Waals surface area contributed by atoms with Crippen molar-refractivity contribution in [1.82, 2.24) is 10.2 Å². The maximum atomic E-state index is 12.4. The number of benzene rings is 1. The van der Waals surface area contributed by atoms with Crippen molar-refractivity contribution in [2.45, 2.75) is 13.0 Å². The van der Waals surface area contributed by atoms with Gasteiger partial charge in [0.2, 0.25) is 0 Å². The number of carbonyl (C=O) groups excluding carboxylic acids is 1. The number of piperazine rings is 1. The molecule has 6 heteroatoms. The molecule has 1 aliphatic heterocycles. The Balaban J connectivity index is 0.00000162. The van der Waals surface area contributed by atoms with Crippen LogP contribution in [0.1, 0.15) is 17.3 Å². The highest BCUT2D eigenvalue weighted by molar-refractivity contribution is 9.10. The van der Waals surface area contributed by atoms with Crippen LogP contribution in [0.5, 0.6) is 0 Å². The Labute approximate surface area is 126 Å². The van der Waals surface area contributed by atoms with Gasteiger partial charge in [0.25, 0.3) is 5.91 Å². The molecule has 1 atom stereocenters. The van der Waals surface area contributed by atoms with Crippen LogP contribution in [0.25, 0.3) is 0 Å². The van der Waals surface area contributed by atoms with Crippen molar-refractivity contribution in [3.05, 3.63) is 33.3 Å². The molecule has 100 valence electrons. The third kappa shape index (κ3) is 3.38. The van der Waals surface area contributed by atoms with E-state index in [1.165, 1.54) is 0 Å². The Bertz CT molecular complexity index is 442. The lowest BCUT2D eigenvalue weighted by Gasteiger charge is -2.34. The van der Waals surface area contributed by atoms with E-state index in [-0.39, 0.29) is 24.4 Å². The third-order valence-electron chi connectivity index (χ3n) is 2.92. The molecule has 1 aromatic carbocycles. The zero-order valence-electron chi connectivity index (χ0n) is 9.95. The molecule has 0 unspecified atom stereocenters. The van der Waals surface area contributed by atoms with Crippen LogP contribution in [0.15, 0.2) is 22.7 Å². The third-order valence-corrected chi connectivity index (χ3v) is 3.74. The SMILES string of the molecule is C[C@H]1CNCCN1C(=O)c1cc(Br)ccc1Cl.Cl. The highest BCUT2D eigenvalue weighted by atomic mass is 79.9. The fourth-order valence-corrected chi connectivity index (χ4v) is 2.52. The summed E-state index contributed by atoms with van der Waals surface area (Å²) in [7, 11) is 0. The molecule has 0 bridgehead atoms. The molecule has 0 saturated carbocycles. The van der Waals surface area contributed by atoms with Gasteiger partial charge in [-0.05, 0) is 25.1 Å². The maximum Gasteiger partial charge on any atom is 0.255 e. The van der Waals surface area contributed by atoms with Crippen molar-refractivity contribution in [2.24, 2.45) is 0 Å². The van der Waals surface area contributed by atoms with Gasteiger partial charge >= 0.3 is 0 Å². The summed E-state index contributed by atoms with van der Waals surface area (Å²) in [5.41, 5.74) is 0.565. The molecule has 1 amide bonds. The van der Waals surface area contributed by atoms with E-state index < -0.39 is 0 Å². The smallest absolute Gasteiger partial charge is 0.255 e. The number of nitrogens with one attached hydrogen (secondary N) is 1. The summed E-state index contributed by atoms with van der Waals surface area (Å²) < 4.78 is 0.869. The molecule has 0 spiro atoms. The van der Waals surface area contributed by atoms with Crippen LogP contribution in [-0.2, 0) is 0 Å². The first kappa shape index (κ1) is 15.8. The van der Waals surface area contributed by atoms with Crippen LogP contribution in [0.2, 0.25) is 5.02 Å². The maximum absolute atomic E-state index is 12.4. The number of amides is 1. The summed E-state index contributed by atoms with van der Waals surface area (Å²) in [4.78, 5) is 14.2. The summed E-state index contributed by atoms with van der Waals surface area (Å²) in [6.07, 6.45) is 0. The molecule has 0 radical (unpaired) electrons. The normalized spacial score (nSPS) is 19.3. The lowest BCUT2D eigenvalue weighted by molar-refractivity contribution is 0.0656. The van der Waals surface area contributed by atoms with E-state index >= 15 is 0 Å². The van der Waals surface area contributed by atoms with E-state index in [9.17, 15) is 4.79 Å². The van der Waals surface area contributed by atoms with Crippen molar-refractivity contribution < 1.29 is 4.79 Å². The molecule has 1 aromatic rings. The summed E-state index contributed by atoms with van der Waals surface area (Å²) in [6.45, 7) is 4.43. The second kappa shape index (κ2) is 6.75. The van der Waals surface area contributed by atoms with Crippen LogP contribution in [0.4, 0.5) is 0 Å². The predicted molar refractivity (Wildman–Crippen MR) is 79.8 cm³/mol. The van der Waals surface area contributed by atoms with Crippen molar-refractivity contribution in [3.63, 3.8) is 0 Å². The zero-order chi connectivity index (χ0) is 12.4. The van der Waals surface area contributed by atoms with E-state index in [1.54, 1.807) is 12.1 Å². The number of nitrogens with zero attached hydrogens (tertiary/aromatic N) is 1. The number of halogens is 3. The Morgan fingerprint density at radius 2 is 2.28 bits per heavy atom. The van der Waals surface area contributed by atoms with Gasteiger partial charge in [-0.15, -0.1) is 12.4 Å². The Hall–Kier alpha value is -0.290. The molecule has 1 heterocycles. The second-order valence-electron chi connectivity index (χ2n) is 4.18. The number of hydrogen-bond donors (Lipinski definition) is 1. The monoisotopic (exact) mass is 352 g/mol. The van der Waals surface area contributed by atoms with Crippen molar-refractivity contribution in [1.29, 1.82) is 0 Å². The van der Waals surface area contributed by atoms with Crippen LogP contribution < -0.4 is 5.32 Å². The molecule has 3 nitrogen and oxygen atoms in total.